The number of anilines is 1. The largest absolute Gasteiger partial charge is 0.383 e. The van der Waals surface area contributed by atoms with Crippen LogP contribution in [-0.2, 0) is 24.8 Å². The molecule has 0 bridgehead atoms. The van der Waals surface area contributed by atoms with Crippen molar-refractivity contribution in [2.45, 2.75) is 32.7 Å². The third-order valence-electron chi connectivity index (χ3n) is 7.99. The van der Waals surface area contributed by atoms with E-state index in [9.17, 15) is 9.59 Å². The van der Waals surface area contributed by atoms with Gasteiger partial charge >= 0.3 is 0 Å². The summed E-state index contributed by atoms with van der Waals surface area (Å²) in [6, 6.07) is 13.5. The molecule has 9 heteroatoms. The highest BCUT2D eigenvalue weighted by molar-refractivity contribution is 5.98. The molecular weight excluding hydrogens is 540 g/mol. The van der Waals surface area contributed by atoms with Crippen molar-refractivity contribution < 1.29 is 9.53 Å². The number of benzene rings is 1. The summed E-state index contributed by atoms with van der Waals surface area (Å²) in [5, 5.41) is 4.23. The second-order valence-electron chi connectivity index (χ2n) is 11.2. The lowest BCUT2D eigenvalue weighted by molar-refractivity contribution is 0.0612. The second-order valence-corrected chi connectivity index (χ2v) is 11.2. The molecule has 1 aromatic carbocycles. The van der Waals surface area contributed by atoms with E-state index in [1.807, 2.05) is 67.3 Å². The lowest BCUT2D eigenvalue weighted by atomic mass is 9.98. The number of carbonyl (C=O) groups is 1. The molecule has 0 spiro atoms. The smallest absolute Gasteiger partial charge is 0.200 e. The first-order chi connectivity index (χ1) is 20.8. The summed E-state index contributed by atoms with van der Waals surface area (Å²) in [5.41, 5.74) is 12.5. The number of ketones is 1. The van der Waals surface area contributed by atoms with E-state index < -0.39 is 0 Å². The number of rotatable bonds is 8. The number of nitrogens with zero attached hydrogens (tertiary/aromatic N) is 5. The van der Waals surface area contributed by atoms with Crippen molar-refractivity contribution in [3.63, 3.8) is 0 Å². The normalized spacial score (nSPS) is 13.7. The van der Waals surface area contributed by atoms with Crippen LogP contribution >= 0.6 is 0 Å². The lowest BCUT2D eigenvalue weighted by Crippen LogP contribution is -2.25. The number of aryl methyl sites for hydroxylation is 2. The number of nitrogen functional groups attached to an aromatic ring is 1. The van der Waals surface area contributed by atoms with Crippen molar-refractivity contribution in [2.24, 2.45) is 13.0 Å². The predicted molar refractivity (Wildman–Crippen MR) is 167 cm³/mol. The molecule has 1 saturated heterocycles. The van der Waals surface area contributed by atoms with Gasteiger partial charge in [0.05, 0.1) is 18.2 Å². The first-order valence-corrected chi connectivity index (χ1v) is 14.5. The van der Waals surface area contributed by atoms with Crippen LogP contribution in [-0.4, -0.2) is 43.3 Å². The van der Waals surface area contributed by atoms with Crippen molar-refractivity contribution in [3.8, 4) is 33.4 Å². The maximum Gasteiger partial charge on any atom is 0.200 e. The van der Waals surface area contributed by atoms with Gasteiger partial charge < -0.3 is 15.0 Å². The molecule has 9 nitrogen and oxygen atoms in total. The molecule has 6 rings (SSSR count). The van der Waals surface area contributed by atoms with Crippen molar-refractivity contribution >= 4 is 11.6 Å². The Morgan fingerprint density at radius 2 is 1.65 bits per heavy atom. The number of carbonyl (C=O) groups excluding carboxylic acids is 1. The van der Waals surface area contributed by atoms with Crippen LogP contribution in [0.5, 0.6) is 0 Å². The zero-order valence-corrected chi connectivity index (χ0v) is 24.4. The van der Waals surface area contributed by atoms with E-state index in [2.05, 4.69) is 15.1 Å². The van der Waals surface area contributed by atoms with E-state index in [0.29, 0.717) is 23.0 Å². The number of hydrogen-bond acceptors (Lipinski definition) is 7. The summed E-state index contributed by atoms with van der Waals surface area (Å²) in [5.74, 6) is 0.550. The number of hydrogen-bond donors (Lipinski definition) is 1. The van der Waals surface area contributed by atoms with Crippen LogP contribution in [0.2, 0.25) is 0 Å². The molecule has 5 heterocycles. The quantitative estimate of drug-likeness (QED) is 0.256. The SMILES string of the molecule is Cc1ccc(-c2cn(CC3CCOCC3)cc(C(=O)Cc3ccc(-c4cc(-c5cnn(C)c5)cnc4N)cn3)c2=O)cc1. The fourth-order valence-electron chi connectivity index (χ4n) is 5.48. The highest BCUT2D eigenvalue weighted by Gasteiger charge is 2.20. The molecule has 1 aliphatic heterocycles. The van der Waals surface area contributed by atoms with E-state index in [1.54, 1.807) is 35.5 Å². The van der Waals surface area contributed by atoms with Crippen molar-refractivity contribution in [2.75, 3.05) is 18.9 Å². The van der Waals surface area contributed by atoms with Crippen molar-refractivity contribution in [1.82, 2.24) is 24.3 Å². The average molecular weight is 575 g/mol. The fourth-order valence-corrected chi connectivity index (χ4v) is 5.48. The molecule has 1 aliphatic rings. The van der Waals surface area contributed by atoms with Gasteiger partial charge in [-0.1, -0.05) is 35.9 Å². The first kappa shape index (κ1) is 28.2. The Morgan fingerprint density at radius 1 is 0.907 bits per heavy atom. The minimum absolute atomic E-state index is 0.00754. The van der Waals surface area contributed by atoms with Gasteiger partial charge in [0, 0.05) is 91.3 Å². The van der Waals surface area contributed by atoms with Crippen LogP contribution in [0, 0.1) is 12.8 Å². The fraction of sp³-hybridized carbons (Fsp3) is 0.265. The summed E-state index contributed by atoms with van der Waals surface area (Å²) in [6.45, 7) is 4.20. The van der Waals surface area contributed by atoms with Gasteiger partial charge in [-0.05, 0) is 43.4 Å². The van der Waals surface area contributed by atoms with Gasteiger partial charge in [0.15, 0.2) is 11.2 Å². The van der Waals surface area contributed by atoms with Crippen LogP contribution in [0.3, 0.4) is 0 Å². The third-order valence-corrected chi connectivity index (χ3v) is 7.99. The topological polar surface area (TPSA) is 118 Å². The van der Waals surface area contributed by atoms with E-state index in [0.717, 1.165) is 66.0 Å². The average Bonchev–Trinajstić information content (AvgIpc) is 3.46. The molecule has 0 saturated carbocycles. The maximum absolute atomic E-state index is 13.7. The number of Topliss-reactive ketones (excluding diaryl/α,β-unsaturated/α-hetero) is 1. The van der Waals surface area contributed by atoms with Crippen LogP contribution in [0.15, 0.2) is 84.4 Å². The van der Waals surface area contributed by atoms with Crippen LogP contribution in [0.1, 0.15) is 34.5 Å². The predicted octanol–water partition coefficient (Wildman–Crippen LogP) is 5.12. The Hall–Kier alpha value is -4.89. The Bertz CT molecular complexity index is 1820. The van der Waals surface area contributed by atoms with Crippen LogP contribution in [0.4, 0.5) is 5.82 Å². The van der Waals surface area contributed by atoms with Gasteiger partial charge in [0.25, 0.3) is 0 Å². The van der Waals surface area contributed by atoms with E-state index in [1.165, 1.54) is 0 Å². The highest BCUT2D eigenvalue weighted by atomic mass is 16.5. The summed E-state index contributed by atoms with van der Waals surface area (Å²) in [4.78, 5) is 36.2. The third kappa shape index (κ3) is 6.32. The molecule has 0 aliphatic carbocycles. The molecule has 0 atom stereocenters. The van der Waals surface area contributed by atoms with Crippen molar-refractivity contribution in [1.29, 1.82) is 0 Å². The van der Waals surface area contributed by atoms with Gasteiger partial charge in [0.2, 0.25) is 0 Å². The Labute approximate surface area is 250 Å². The Kier molecular flexibility index (Phi) is 7.98. The summed E-state index contributed by atoms with van der Waals surface area (Å²) < 4.78 is 9.26. The molecule has 0 unspecified atom stereocenters. The summed E-state index contributed by atoms with van der Waals surface area (Å²) in [6.07, 6.45) is 12.6. The molecular formula is C34H34N6O3. The minimum atomic E-state index is -0.264. The standard InChI is InChI=1S/C34H34N6O3/c1-22-3-5-24(6-4-22)30-20-40(18-23-9-11-43-12-10-23)21-31(33(30)42)32(41)14-28-8-7-25(15-36-28)29-13-26(16-37-34(29)35)27-17-38-39(2)19-27/h3-8,13,15-17,19-21,23H,9-12,14,18H2,1-2H3,(H2,35,37). The summed E-state index contributed by atoms with van der Waals surface area (Å²) >= 11 is 0. The molecule has 43 heavy (non-hydrogen) atoms. The van der Waals surface area contributed by atoms with Gasteiger partial charge in [-0.15, -0.1) is 0 Å². The zero-order chi connectivity index (χ0) is 29.9. The van der Waals surface area contributed by atoms with Gasteiger partial charge in [0.1, 0.15) is 5.82 Å². The molecule has 2 N–H and O–H groups in total. The number of ether oxygens (including phenoxy) is 1. The second kappa shape index (κ2) is 12.1. The lowest BCUT2D eigenvalue weighted by Gasteiger charge is -2.23. The van der Waals surface area contributed by atoms with Gasteiger partial charge in [-0.2, -0.15) is 5.10 Å². The minimum Gasteiger partial charge on any atom is -0.383 e. The van der Waals surface area contributed by atoms with E-state index >= 15 is 0 Å². The molecule has 1 fully saturated rings. The van der Waals surface area contributed by atoms with Gasteiger partial charge in [-0.3, -0.25) is 19.3 Å². The molecule has 4 aromatic heterocycles. The highest BCUT2D eigenvalue weighted by Crippen LogP contribution is 2.29. The van der Waals surface area contributed by atoms with Crippen molar-refractivity contribution in [3.05, 3.63) is 107 Å². The number of aromatic nitrogens is 5. The zero-order valence-electron chi connectivity index (χ0n) is 24.4. The molecule has 218 valence electrons. The Morgan fingerprint density at radius 3 is 2.35 bits per heavy atom. The summed E-state index contributed by atoms with van der Waals surface area (Å²) in [7, 11) is 1.86. The van der Waals surface area contributed by atoms with Gasteiger partial charge in [-0.25, -0.2) is 4.98 Å². The number of pyridine rings is 3. The molecule has 5 aromatic rings. The van der Waals surface area contributed by atoms with E-state index in [-0.39, 0.29) is 23.2 Å². The monoisotopic (exact) mass is 574 g/mol. The number of nitrogens with two attached hydrogens (primary N) is 1. The molecule has 0 radical (unpaired) electrons. The van der Waals surface area contributed by atoms with E-state index in [4.69, 9.17) is 10.5 Å². The molecule has 0 amide bonds. The first-order valence-electron chi connectivity index (χ1n) is 14.5. The Balaban J connectivity index is 1.27. The van der Waals surface area contributed by atoms with Crippen LogP contribution < -0.4 is 11.2 Å². The maximum atomic E-state index is 13.7. The van der Waals surface area contributed by atoms with Crippen LogP contribution in [0.25, 0.3) is 33.4 Å².